The first-order valence-electron chi connectivity index (χ1n) is 7.65. The second kappa shape index (κ2) is 6.20. The van der Waals surface area contributed by atoms with Crippen molar-refractivity contribution in [2.45, 2.75) is 19.4 Å². The molecule has 1 aliphatic rings. The Morgan fingerprint density at radius 3 is 2.74 bits per heavy atom. The van der Waals surface area contributed by atoms with Gasteiger partial charge in [-0.15, -0.1) is 0 Å². The van der Waals surface area contributed by atoms with Crippen molar-refractivity contribution in [1.82, 2.24) is 4.90 Å². The van der Waals surface area contributed by atoms with Gasteiger partial charge in [0.15, 0.2) is 11.5 Å². The average molecular weight is 313 g/mol. The number of ether oxygens (including phenoxy) is 1. The molecule has 2 aromatic rings. The summed E-state index contributed by atoms with van der Waals surface area (Å²) in [5, 5.41) is 19.4. The van der Waals surface area contributed by atoms with Gasteiger partial charge in [-0.25, -0.2) is 4.79 Å². The van der Waals surface area contributed by atoms with E-state index in [2.05, 4.69) is 0 Å². The SMILES string of the molecule is CCOC(=O)N1CCc2ccccc2C1c1ccc(O)c(O)c1. The molecule has 2 aromatic carbocycles. The number of nitrogens with zero attached hydrogens (tertiary/aromatic N) is 1. The Labute approximate surface area is 134 Å². The standard InChI is InChI=1S/C18H19NO4/c1-2-23-18(22)19-10-9-12-5-3-4-6-14(12)17(19)13-7-8-15(20)16(21)11-13/h3-8,11,17,20-21H,2,9-10H2,1H3. The molecule has 1 aliphatic heterocycles. The highest BCUT2D eigenvalue weighted by Gasteiger charge is 2.33. The molecule has 23 heavy (non-hydrogen) atoms. The van der Waals surface area contributed by atoms with Gasteiger partial charge in [0.25, 0.3) is 0 Å². The lowest BCUT2D eigenvalue weighted by Gasteiger charge is -2.36. The monoisotopic (exact) mass is 313 g/mol. The van der Waals surface area contributed by atoms with Gasteiger partial charge in [-0.3, -0.25) is 4.90 Å². The molecule has 0 saturated heterocycles. The van der Waals surface area contributed by atoms with Gasteiger partial charge >= 0.3 is 6.09 Å². The number of phenols is 2. The molecule has 0 bridgehead atoms. The van der Waals surface area contributed by atoms with Gasteiger partial charge in [-0.2, -0.15) is 0 Å². The molecular weight excluding hydrogens is 294 g/mol. The predicted molar refractivity (Wildman–Crippen MR) is 85.5 cm³/mol. The van der Waals surface area contributed by atoms with Crippen molar-refractivity contribution in [3.8, 4) is 11.5 Å². The highest BCUT2D eigenvalue weighted by Crippen LogP contribution is 2.38. The highest BCUT2D eigenvalue weighted by atomic mass is 16.6. The summed E-state index contributed by atoms with van der Waals surface area (Å²) in [4.78, 5) is 14.0. The minimum Gasteiger partial charge on any atom is -0.504 e. The Hall–Kier alpha value is -2.69. The van der Waals surface area contributed by atoms with Crippen LogP contribution in [0.3, 0.4) is 0 Å². The van der Waals surface area contributed by atoms with E-state index in [9.17, 15) is 15.0 Å². The van der Waals surface area contributed by atoms with Gasteiger partial charge < -0.3 is 14.9 Å². The van der Waals surface area contributed by atoms with Crippen molar-refractivity contribution in [3.05, 3.63) is 59.2 Å². The summed E-state index contributed by atoms with van der Waals surface area (Å²) in [6, 6.07) is 12.2. The Kier molecular flexibility index (Phi) is 4.10. The van der Waals surface area contributed by atoms with Crippen molar-refractivity contribution >= 4 is 6.09 Å². The molecular formula is C18H19NO4. The van der Waals surface area contributed by atoms with E-state index < -0.39 is 0 Å². The van der Waals surface area contributed by atoms with Crippen molar-refractivity contribution in [2.75, 3.05) is 13.2 Å². The second-order valence-electron chi connectivity index (χ2n) is 5.49. The third kappa shape index (κ3) is 2.82. The molecule has 1 amide bonds. The van der Waals surface area contributed by atoms with Gasteiger partial charge in [-0.05, 0) is 42.2 Å². The zero-order valence-electron chi connectivity index (χ0n) is 12.9. The lowest BCUT2D eigenvalue weighted by Crippen LogP contribution is -2.40. The zero-order valence-corrected chi connectivity index (χ0v) is 12.9. The summed E-state index contributed by atoms with van der Waals surface area (Å²) in [5.41, 5.74) is 2.92. The van der Waals surface area contributed by atoms with Gasteiger partial charge in [0.2, 0.25) is 0 Å². The van der Waals surface area contributed by atoms with Crippen LogP contribution in [0.2, 0.25) is 0 Å². The third-order valence-corrected chi connectivity index (χ3v) is 4.10. The van der Waals surface area contributed by atoms with E-state index in [1.54, 1.807) is 17.9 Å². The molecule has 0 aromatic heterocycles. The molecule has 5 heteroatoms. The molecule has 1 atom stereocenters. The number of amides is 1. The fourth-order valence-corrected chi connectivity index (χ4v) is 3.04. The summed E-state index contributed by atoms with van der Waals surface area (Å²) >= 11 is 0. The number of rotatable bonds is 2. The van der Waals surface area contributed by atoms with E-state index in [0.29, 0.717) is 13.2 Å². The van der Waals surface area contributed by atoms with Crippen LogP contribution in [-0.4, -0.2) is 34.4 Å². The van der Waals surface area contributed by atoms with Crippen molar-refractivity contribution < 1.29 is 19.7 Å². The summed E-state index contributed by atoms with van der Waals surface area (Å²) in [7, 11) is 0. The topological polar surface area (TPSA) is 70.0 Å². The molecule has 0 spiro atoms. The number of benzene rings is 2. The number of hydrogen-bond donors (Lipinski definition) is 2. The number of carbonyl (C=O) groups is 1. The summed E-state index contributed by atoms with van der Waals surface area (Å²) in [6.07, 6.45) is 0.384. The molecule has 0 fully saturated rings. The van der Waals surface area contributed by atoms with E-state index in [1.165, 1.54) is 17.7 Å². The zero-order chi connectivity index (χ0) is 16.4. The average Bonchev–Trinajstić information content (AvgIpc) is 2.56. The number of fused-ring (bicyclic) bond motifs is 1. The van der Waals surface area contributed by atoms with E-state index in [4.69, 9.17) is 4.74 Å². The lowest BCUT2D eigenvalue weighted by molar-refractivity contribution is 0.0937. The van der Waals surface area contributed by atoms with Crippen LogP contribution in [0.1, 0.15) is 29.7 Å². The smallest absolute Gasteiger partial charge is 0.410 e. The van der Waals surface area contributed by atoms with Crippen molar-refractivity contribution in [1.29, 1.82) is 0 Å². The molecule has 0 saturated carbocycles. The second-order valence-corrected chi connectivity index (χ2v) is 5.49. The molecule has 0 radical (unpaired) electrons. The summed E-state index contributed by atoms with van der Waals surface area (Å²) < 4.78 is 5.18. The normalized spacial score (nSPS) is 16.7. The molecule has 2 N–H and O–H groups in total. The number of carbonyl (C=O) groups excluding carboxylic acids is 1. The van der Waals surface area contributed by atoms with E-state index in [-0.39, 0.29) is 23.6 Å². The largest absolute Gasteiger partial charge is 0.504 e. The Morgan fingerprint density at radius 2 is 2.00 bits per heavy atom. The summed E-state index contributed by atoms with van der Waals surface area (Å²) in [5.74, 6) is -0.380. The van der Waals surface area contributed by atoms with Crippen molar-refractivity contribution in [2.24, 2.45) is 0 Å². The van der Waals surface area contributed by atoms with E-state index in [0.717, 1.165) is 17.5 Å². The van der Waals surface area contributed by atoms with Crippen LogP contribution < -0.4 is 0 Å². The number of aromatic hydroxyl groups is 2. The first kappa shape index (κ1) is 15.2. The molecule has 5 nitrogen and oxygen atoms in total. The van der Waals surface area contributed by atoms with Crippen LogP contribution in [0.4, 0.5) is 4.79 Å². The minimum absolute atomic E-state index is 0.180. The van der Waals surface area contributed by atoms with Crippen LogP contribution in [0.25, 0.3) is 0 Å². The lowest BCUT2D eigenvalue weighted by atomic mass is 9.88. The maximum absolute atomic E-state index is 12.3. The molecule has 1 unspecified atom stereocenters. The van der Waals surface area contributed by atoms with Crippen molar-refractivity contribution in [3.63, 3.8) is 0 Å². The molecule has 120 valence electrons. The third-order valence-electron chi connectivity index (χ3n) is 4.10. The van der Waals surface area contributed by atoms with Gasteiger partial charge in [-0.1, -0.05) is 30.3 Å². The summed E-state index contributed by atoms with van der Waals surface area (Å²) in [6.45, 7) is 2.63. The maximum Gasteiger partial charge on any atom is 0.410 e. The van der Waals surface area contributed by atoms with Crippen LogP contribution in [0.5, 0.6) is 11.5 Å². The fraction of sp³-hybridized carbons (Fsp3) is 0.278. The van der Waals surface area contributed by atoms with Crippen LogP contribution >= 0.6 is 0 Å². The minimum atomic E-state index is -0.375. The van der Waals surface area contributed by atoms with Gasteiger partial charge in [0, 0.05) is 6.54 Å². The Morgan fingerprint density at radius 1 is 1.22 bits per heavy atom. The predicted octanol–water partition coefficient (Wildman–Crippen LogP) is 3.20. The first-order chi connectivity index (χ1) is 11.1. The Bertz CT molecular complexity index is 729. The fourth-order valence-electron chi connectivity index (χ4n) is 3.04. The van der Waals surface area contributed by atoms with Crippen LogP contribution in [0.15, 0.2) is 42.5 Å². The van der Waals surface area contributed by atoms with Gasteiger partial charge in [0.05, 0.1) is 12.6 Å². The van der Waals surface area contributed by atoms with Crippen LogP contribution in [0, 0.1) is 0 Å². The quantitative estimate of drug-likeness (QED) is 0.835. The van der Waals surface area contributed by atoms with E-state index in [1.807, 2.05) is 24.3 Å². The first-order valence-corrected chi connectivity index (χ1v) is 7.65. The van der Waals surface area contributed by atoms with Gasteiger partial charge in [0.1, 0.15) is 0 Å². The molecule has 3 rings (SSSR count). The number of phenolic OH excluding ortho intramolecular Hbond substituents is 2. The maximum atomic E-state index is 12.3. The van der Waals surface area contributed by atoms with E-state index >= 15 is 0 Å². The number of hydrogen-bond acceptors (Lipinski definition) is 4. The highest BCUT2D eigenvalue weighted by molar-refractivity contribution is 5.70. The molecule has 0 aliphatic carbocycles. The molecule has 1 heterocycles. The van der Waals surface area contributed by atoms with Crippen LogP contribution in [-0.2, 0) is 11.2 Å². The Balaban J connectivity index is 2.09.